The van der Waals surface area contributed by atoms with Crippen LogP contribution in [0.2, 0.25) is 0 Å². The topological polar surface area (TPSA) is 0 Å². The van der Waals surface area contributed by atoms with Crippen LogP contribution in [0.15, 0.2) is 11.6 Å². The van der Waals surface area contributed by atoms with Gasteiger partial charge < -0.3 is 0 Å². The van der Waals surface area contributed by atoms with Crippen LogP contribution in [0.25, 0.3) is 0 Å². The minimum absolute atomic E-state index is 0. The molecule has 64 valence electrons. The van der Waals surface area contributed by atoms with Crippen molar-refractivity contribution in [2.24, 2.45) is 17.3 Å². The van der Waals surface area contributed by atoms with Gasteiger partial charge in [-0.3, -0.25) is 0 Å². The van der Waals surface area contributed by atoms with E-state index in [-0.39, 0.29) is 19.5 Å². The molecule has 2 aliphatic rings. The number of rotatable bonds is 0. The maximum Gasteiger partial charge on any atom is 0 e. The van der Waals surface area contributed by atoms with E-state index in [1.807, 2.05) is 0 Å². The molecule has 2 unspecified atom stereocenters. The average molecular weight is 237 g/mol. The molecule has 0 aromatic rings. The molecule has 2 rings (SSSR count). The molecule has 11 heavy (non-hydrogen) atoms. The standard InChI is InChI=1S/C10H16.Ru/c1-7-4-5-8-9(6-7)10(8,2)3;/h6-8H,4-5H2,1-3H3;. The van der Waals surface area contributed by atoms with Crippen LogP contribution in [0.5, 0.6) is 0 Å². The van der Waals surface area contributed by atoms with E-state index in [1.165, 1.54) is 12.8 Å². The SMILES string of the molecule is CC1C=C2C(CC1)C2(C)C.[Ru]. The van der Waals surface area contributed by atoms with Crippen molar-refractivity contribution in [2.45, 2.75) is 33.6 Å². The van der Waals surface area contributed by atoms with Crippen LogP contribution in [-0.4, -0.2) is 0 Å². The molecule has 0 N–H and O–H groups in total. The first-order valence-corrected chi connectivity index (χ1v) is 4.34. The van der Waals surface area contributed by atoms with Crippen molar-refractivity contribution in [3.05, 3.63) is 11.6 Å². The second kappa shape index (κ2) is 2.69. The molecule has 0 aliphatic heterocycles. The monoisotopic (exact) mass is 238 g/mol. The second-order valence-electron chi connectivity index (χ2n) is 4.45. The largest absolute Gasteiger partial charge is 0.0816 e. The Morgan fingerprint density at radius 1 is 1.36 bits per heavy atom. The van der Waals surface area contributed by atoms with Crippen molar-refractivity contribution in [2.75, 3.05) is 0 Å². The number of hydrogen-bond donors (Lipinski definition) is 0. The van der Waals surface area contributed by atoms with Gasteiger partial charge in [0.1, 0.15) is 0 Å². The maximum atomic E-state index is 2.49. The molecule has 0 aromatic carbocycles. The van der Waals surface area contributed by atoms with Crippen LogP contribution >= 0.6 is 0 Å². The summed E-state index contributed by atoms with van der Waals surface area (Å²) >= 11 is 0. The molecular formula is C10H16Ru. The normalized spacial score (nSPS) is 38.3. The third-order valence-electron chi connectivity index (χ3n) is 3.28. The fraction of sp³-hybridized carbons (Fsp3) is 0.800. The van der Waals surface area contributed by atoms with Gasteiger partial charge >= 0.3 is 0 Å². The molecule has 0 radical (unpaired) electrons. The Morgan fingerprint density at radius 2 is 2.00 bits per heavy atom. The molecule has 2 aliphatic carbocycles. The zero-order valence-corrected chi connectivity index (χ0v) is 9.24. The molecule has 0 amide bonds. The van der Waals surface area contributed by atoms with Gasteiger partial charge in [0.05, 0.1) is 0 Å². The summed E-state index contributed by atoms with van der Waals surface area (Å²) in [5, 5.41) is 0. The van der Waals surface area contributed by atoms with Gasteiger partial charge in [-0.2, -0.15) is 0 Å². The van der Waals surface area contributed by atoms with Crippen LogP contribution in [0.3, 0.4) is 0 Å². The van der Waals surface area contributed by atoms with E-state index in [9.17, 15) is 0 Å². The Kier molecular flexibility index (Phi) is 2.32. The Bertz CT molecular complexity index is 191. The van der Waals surface area contributed by atoms with Gasteiger partial charge in [0, 0.05) is 19.5 Å². The molecule has 0 saturated heterocycles. The van der Waals surface area contributed by atoms with E-state index in [4.69, 9.17) is 0 Å². The zero-order chi connectivity index (χ0) is 7.35. The van der Waals surface area contributed by atoms with Crippen LogP contribution in [-0.2, 0) is 19.5 Å². The molecule has 0 spiro atoms. The maximum absolute atomic E-state index is 2.49. The summed E-state index contributed by atoms with van der Waals surface area (Å²) < 4.78 is 0. The Hall–Kier alpha value is 0.363. The van der Waals surface area contributed by atoms with Gasteiger partial charge in [-0.15, -0.1) is 0 Å². The first-order chi connectivity index (χ1) is 4.62. The third-order valence-corrected chi connectivity index (χ3v) is 3.28. The smallest absolute Gasteiger partial charge is 0 e. The van der Waals surface area contributed by atoms with Gasteiger partial charge in [-0.25, -0.2) is 0 Å². The van der Waals surface area contributed by atoms with Crippen molar-refractivity contribution in [1.82, 2.24) is 0 Å². The van der Waals surface area contributed by atoms with E-state index in [0.29, 0.717) is 5.41 Å². The molecule has 1 saturated carbocycles. The second-order valence-corrected chi connectivity index (χ2v) is 4.45. The van der Waals surface area contributed by atoms with E-state index in [2.05, 4.69) is 26.8 Å². The van der Waals surface area contributed by atoms with E-state index < -0.39 is 0 Å². The quantitative estimate of drug-likeness (QED) is 0.449. The summed E-state index contributed by atoms with van der Waals surface area (Å²) in [6.07, 6.45) is 5.35. The van der Waals surface area contributed by atoms with Gasteiger partial charge in [0.2, 0.25) is 0 Å². The number of hydrogen-bond acceptors (Lipinski definition) is 0. The van der Waals surface area contributed by atoms with Crippen LogP contribution in [0.4, 0.5) is 0 Å². The van der Waals surface area contributed by atoms with E-state index in [0.717, 1.165) is 11.8 Å². The minimum atomic E-state index is 0. The van der Waals surface area contributed by atoms with Gasteiger partial charge in [0.25, 0.3) is 0 Å². The van der Waals surface area contributed by atoms with Gasteiger partial charge in [0.15, 0.2) is 0 Å². The fourth-order valence-corrected chi connectivity index (χ4v) is 2.34. The van der Waals surface area contributed by atoms with Crippen molar-refractivity contribution >= 4 is 0 Å². The summed E-state index contributed by atoms with van der Waals surface area (Å²) in [4.78, 5) is 0. The van der Waals surface area contributed by atoms with Crippen LogP contribution in [0.1, 0.15) is 33.6 Å². The molecule has 0 aromatic heterocycles. The predicted octanol–water partition coefficient (Wildman–Crippen LogP) is 3.00. The summed E-state index contributed by atoms with van der Waals surface area (Å²) in [6.45, 7) is 7.08. The molecule has 1 fully saturated rings. The van der Waals surface area contributed by atoms with Crippen molar-refractivity contribution in [1.29, 1.82) is 0 Å². The van der Waals surface area contributed by atoms with Gasteiger partial charge in [-0.1, -0.05) is 32.4 Å². The molecule has 0 bridgehead atoms. The van der Waals surface area contributed by atoms with Crippen molar-refractivity contribution < 1.29 is 19.5 Å². The molecule has 1 heteroatoms. The van der Waals surface area contributed by atoms with Crippen molar-refractivity contribution in [3.8, 4) is 0 Å². The summed E-state index contributed by atoms with van der Waals surface area (Å²) in [5.41, 5.74) is 2.33. The Morgan fingerprint density at radius 3 is 2.45 bits per heavy atom. The third kappa shape index (κ3) is 1.33. The number of allylic oxidation sites excluding steroid dienone is 2. The summed E-state index contributed by atoms with van der Waals surface area (Å²) in [6, 6.07) is 0. The first-order valence-electron chi connectivity index (χ1n) is 4.34. The Balaban J connectivity index is 0.000000605. The fourth-order valence-electron chi connectivity index (χ4n) is 2.34. The Labute approximate surface area is 82.2 Å². The zero-order valence-electron chi connectivity index (χ0n) is 7.50. The first kappa shape index (κ1) is 9.45. The molecular weight excluding hydrogens is 221 g/mol. The van der Waals surface area contributed by atoms with E-state index in [1.54, 1.807) is 5.57 Å². The van der Waals surface area contributed by atoms with Crippen LogP contribution < -0.4 is 0 Å². The molecule has 2 atom stereocenters. The van der Waals surface area contributed by atoms with Gasteiger partial charge in [-0.05, 0) is 30.1 Å². The molecule has 0 nitrogen and oxygen atoms in total. The predicted molar refractivity (Wildman–Crippen MR) is 43.8 cm³/mol. The van der Waals surface area contributed by atoms with E-state index >= 15 is 0 Å². The average Bonchev–Trinajstić information content (AvgIpc) is 2.36. The van der Waals surface area contributed by atoms with Crippen LogP contribution in [0, 0.1) is 17.3 Å². The summed E-state index contributed by atoms with van der Waals surface area (Å²) in [7, 11) is 0. The summed E-state index contributed by atoms with van der Waals surface area (Å²) in [5.74, 6) is 1.82. The number of fused-ring (bicyclic) bond motifs is 1. The molecule has 0 heterocycles. The van der Waals surface area contributed by atoms with Crippen molar-refractivity contribution in [3.63, 3.8) is 0 Å². The minimum Gasteiger partial charge on any atom is -0.0816 e.